The van der Waals surface area contributed by atoms with Crippen molar-refractivity contribution in [2.24, 2.45) is 34.0 Å². The molecule has 0 heterocycles. The zero-order valence-corrected chi connectivity index (χ0v) is 16.6. The molecule has 2 saturated carbocycles. The van der Waals surface area contributed by atoms with Gasteiger partial charge in [0, 0.05) is 12.8 Å². The number of hydrogen-bond donors (Lipinski definition) is 0. The minimum Gasteiger partial charge on any atom is -0.465 e. The molecule has 25 heavy (non-hydrogen) atoms. The van der Waals surface area contributed by atoms with Gasteiger partial charge in [-0.2, -0.15) is 0 Å². The van der Waals surface area contributed by atoms with Gasteiger partial charge in [-0.1, -0.05) is 40.2 Å². The monoisotopic (exact) mass is 346 g/mol. The third kappa shape index (κ3) is 2.88. The third-order valence-electron chi connectivity index (χ3n) is 8.22. The highest BCUT2D eigenvalue weighted by atomic mass is 16.5. The summed E-state index contributed by atoms with van der Waals surface area (Å²) < 4.78 is 5.40. The fraction of sp³-hybridized carbons (Fsp3) is 0.818. The van der Waals surface area contributed by atoms with Crippen LogP contribution in [-0.2, 0) is 14.3 Å². The Balaban J connectivity index is 1.98. The average molecular weight is 347 g/mol. The van der Waals surface area contributed by atoms with Gasteiger partial charge in [-0.15, -0.1) is 0 Å². The quantitative estimate of drug-likeness (QED) is 0.537. The summed E-state index contributed by atoms with van der Waals surface area (Å²) in [5, 5.41) is 0. The Hall–Kier alpha value is -1.12. The van der Waals surface area contributed by atoms with Gasteiger partial charge in [0.1, 0.15) is 6.29 Å². The lowest BCUT2D eigenvalue weighted by molar-refractivity contribution is -0.160. The Morgan fingerprint density at radius 3 is 2.52 bits per heavy atom. The molecule has 3 aliphatic rings. The molecule has 0 aromatic carbocycles. The van der Waals surface area contributed by atoms with E-state index in [1.165, 1.54) is 32.6 Å². The van der Waals surface area contributed by atoms with Crippen molar-refractivity contribution in [2.45, 2.75) is 73.1 Å². The van der Waals surface area contributed by atoms with Crippen molar-refractivity contribution >= 4 is 12.3 Å². The lowest BCUT2D eigenvalue weighted by atomic mass is 9.40. The molecule has 3 nitrogen and oxygen atoms in total. The van der Waals surface area contributed by atoms with Crippen LogP contribution in [0.5, 0.6) is 0 Å². The normalized spacial score (nSPS) is 42.6. The molecule has 0 amide bonds. The lowest BCUT2D eigenvalue weighted by Gasteiger charge is -2.65. The molecule has 3 heteroatoms. The molecular formula is C22H34O3. The highest BCUT2D eigenvalue weighted by molar-refractivity contribution is 5.75. The van der Waals surface area contributed by atoms with Gasteiger partial charge < -0.3 is 4.74 Å². The van der Waals surface area contributed by atoms with Gasteiger partial charge in [-0.3, -0.25) is 9.59 Å². The van der Waals surface area contributed by atoms with E-state index in [1.54, 1.807) is 0 Å². The zero-order chi connectivity index (χ0) is 18.5. The van der Waals surface area contributed by atoms with Gasteiger partial charge in [0.15, 0.2) is 0 Å². The van der Waals surface area contributed by atoms with Crippen LogP contribution in [0.25, 0.3) is 0 Å². The number of ether oxygens (including phenoxy) is 1. The number of aldehydes is 1. The molecular weight excluding hydrogens is 312 g/mol. The molecule has 0 N–H and O–H groups in total. The van der Waals surface area contributed by atoms with Crippen LogP contribution in [0.2, 0.25) is 0 Å². The van der Waals surface area contributed by atoms with Crippen molar-refractivity contribution in [3.8, 4) is 0 Å². The SMILES string of the molecule is CC(=O)OC[C@@H]1C(C=O)=CC[C@H]2[C@@]1(C)CC[C@H]1C(C)(C)CCC[C@]21C. The van der Waals surface area contributed by atoms with Gasteiger partial charge in [-0.25, -0.2) is 0 Å². The Kier molecular flexibility index (Phi) is 4.66. The van der Waals surface area contributed by atoms with Crippen LogP contribution < -0.4 is 0 Å². The molecule has 0 radical (unpaired) electrons. The molecule has 0 spiro atoms. The van der Waals surface area contributed by atoms with Crippen molar-refractivity contribution in [3.63, 3.8) is 0 Å². The summed E-state index contributed by atoms with van der Waals surface area (Å²) in [6.45, 7) is 11.5. The van der Waals surface area contributed by atoms with Crippen LogP contribution in [0, 0.1) is 34.0 Å². The molecule has 3 rings (SSSR count). The number of carbonyl (C=O) groups excluding carboxylic acids is 2. The van der Waals surface area contributed by atoms with Gasteiger partial charge in [-0.05, 0) is 65.8 Å². The molecule has 3 aliphatic carbocycles. The fourth-order valence-corrected chi connectivity index (χ4v) is 7.04. The van der Waals surface area contributed by atoms with Crippen molar-refractivity contribution in [2.75, 3.05) is 6.61 Å². The Labute approximate surface area is 152 Å². The van der Waals surface area contributed by atoms with Crippen LogP contribution in [0.3, 0.4) is 0 Å². The van der Waals surface area contributed by atoms with E-state index in [0.717, 1.165) is 30.6 Å². The minimum absolute atomic E-state index is 0.0375. The second-order valence-corrected chi connectivity index (χ2v) is 9.91. The van der Waals surface area contributed by atoms with E-state index in [2.05, 4.69) is 33.8 Å². The second kappa shape index (κ2) is 6.25. The molecule has 0 saturated heterocycles. The summed E-state index contributed by atoms with van der Waals surface area (Å²) in [4.78, 5) is 23.1. The molecule has 0 aromatic rings. The predicted octanol–water partition coefficient (Wildman–Crippen LogP) is 4.94. The van der Waals surface area contributed by atoms with Crippen molar-refractivity contribution in [1.29, 1.82) is 0 Å². The van der Waals surface area contributed by atoms with E-state index in [-0.39, 0.29) is 17.3 Å². The highest BCUT2D eigenvalue weighted by Gasteiger charge is 2.61. The standard InChI is InChI=1S/C22H34O3/c1-15(24)25-14-17-16(13-23)7-8-19-21(17,4)12-9-18-20(2,3)10-6-11-22(18,19)5/h7,13,17-19H,6,8-12,14H2,1-5H3/t17-,18+,19+,21+,22+/m1/s1. The molecule has 5 atom stereocenters. The van der Waals surface area contributed by atoms with Crippen LogP contribution >= 0.6 is 0 Å². The van der Waals surface area contributed by atoms with E-state index in [4.69, 9.17) is 4.74 Å². The highest BCUT2D eigenvalue weighted by Crippen LogP contribution is 2.68. The van der Waals surface area contributed by atoms with Crippen molar-refractivity contribution in [1.82, 2.24) is 0 Å². The summed E-state index contributed by atoms with van der Waals surface area (Å²) in [6, 6.07) is 0. The fourth-order valence-electron chi connectivity index (χ4n) is 7.04. The second-order valence-electron chi connectivity index (χ2n) is 9.91. The molecule has 0 aliphatic heterocycles. The molecule has 0 aromatic heterocycles. The lowest BCUT2D eigenvalue weighted by Crippen LogP contribution is -2.58. The smallest absolute Gasteiger partial charge is 0.302 e. The summed E-state index contributed by atoms with van der Waals surface area (Å²) in [5.41, 5.74) is 1.60. The maximum absolute atomic E-state index is 11.7. The number of fused-ring (bicyclic) bond motifs is 3. The Morgan fingerprint density at radius 1 is 1.16 bits per heavy atom. The average Bonchev–Trinajstić information content (AvgIpc) is 2.51. The summed E-state index contributed by atoms with van der Waals surface area (Å²) >= 11 is 0. The van der Waals surface area contributed by atoms with Crippen LogP contribution in [0.15, 0.2) is 11.6 Å². The number of esters is 1. The Morgan fingerprint density at radius 2 is 1.88 bits per heavy atom. The molecule has 2 fully saturated rings. The number of hydrogen-bond acceptors (Lipinski definition) is 3. The Bertz CT molecular complexity index is 590. The van der Waals surface area contributed by atoms with E-state index in [0.29, 0.717) is 23.4 Å². The topological polar surface area (TPSA) is 43.4 Å². The first kappa shape index (κ1) is 18.7. The molecule has 0 unspecified atom stereocenters. The van der Waals surface area contributed by atoms with Crippen LogP contribution in [-0.4, -0.2) is 18.9 Å². The number of carbonyl (C=O) groups is 2. The van der Waals surface area contributed by atoms with Gasteiger partial charge in [0.25, 0.3) is 0 Å². The summed E-state index contributed by atoms with van der Waals surface area (Å²) in [7, 11) is 0. The first-order chi connectivity index (χ1) is 11.6. The van der Waals surface area contributed by atoms with Crippen LogP contribution in [0.1, 0.15) is 73.1 Å². The maximum atomic E-state index is 11.7. The van der Waals surface area contributed by atoms with E-state index in [9.17, 15) is 9.59 Å². The van der Waals surface area contributed by atoms with Gasteiger partial charge in [0.2, 0.25) is 0 Å². The predicted molar refractivity (Wildman–Crippen MR) is 98.9 cm³/mol. The number of allylic oxidation sites excluding steroid dienone is 1. The van der Waals surface area contributed by atoms with Crippen molar-refractivity contribution in [3.05, 3.63) is 11.6 Å². The first-order valence-electron chi connectivity index (χ1n) is 9.94. The van der Waals surface area contributed by atoms with E-state index < -0.39 is 0 Å². The molecule has 0 bridgehead atoms. The van der Waals surface area contributed by atoms with Crippen molar-refractivity contribution < 1.29 is 14.3 Å². The van der Waals surface area contributed by atoms with Gasteiger partial charge in [0.05, 0.1) is 6.61 Å². The van der Waals surface area contributed by atoms with Crippen LogP contribution in [0.4, 0.5) is 0 Å². The first-order valence-corrected chi connectivity index (χ1v) is 9.94. The molecule has 140 valence electrons. The third-order valence-corrected chi connectivity index (χ3v) is 8.22. The van der Waals surface area contributed by atoms with E-state index >= 15 is 0 Å². The van der Waals surface area contributed by atoms with E-state index in [1.807, 2.05) is 0 Å². The van der Waals surface area contributed by atoms with Gasteiger partial charge >= 0.3 is 5.97 Å². The summed E-state index contributed by atoms with van der Waals surface area (Å²) in [6.07, 6.45) is 10.4. The summed E-state index contributed by atoms with van der Waals surface area (Å²) in [5.74, 6) is 1.08. The zero-order valence-electron chi connectivity index (χ0n) is 16.6. The minimum atomic E-state index is -0.255. The number of rotatable bonds is 3. The largest absolute Gasteiger partial charge is 0.465 e. The maximum Gasteiger partial charge on any atom is 0.302 e.